The molecule has 0 saturated heterocycles. The van der Waals surface area contributed by atoms with Crippen molar-refractivity contribution in [2.24, 2.45) is 5.92 Å². The van der Waals surface area contributed by atoms with Crippen LogP contribution in [0.25, 0.3) is 0 Å². The summed E-state index contributed by atoms with van der Waals surface area (Å²) in [6.45, 7) is 7.88. The molecule has 3 rings (SSSR count). The van der Waals surface area contributed by atoms with Gasteiger partial charge in [0.2, 0.25) is 0 Å². The quantitative estimate of drug-likeness (QED) is 0.865. The number of hydrogen-bond donors (Lipinski definition) is 1. The molecule has 3 nitrogen and oxygen atoms in total. The Bertz CT molecular complexity index is 402. The van der Waals surface area contributed by atoms with Crippen molar-refractivity contribution in [2.45, 2.75) is 58.5 Å². The number of hydrogen-bond acceptors (Lipinski definition) is 2. The van der Waals surface area contributed by atoms with Crippen LogP contribution in [-0.2, 0) is 19.5 Å². The first-order valence-electron chi connectivity index (χ1n) is 7.04. The molecule has 1 saturated carbocycles. The molecule has 94 valence electrons. The van der Waals surface area contributed by atoms with Gasteiger partial charge in [-0.05, 0) is 25.2 Å². The smallest absolute Gasteiger partial charge is 0.112 e. The molecule has 0 amide bonds. The van der Waals surface area contributed by atoms with Crippen LogP contribution in [0.2, 0.25) is 0 Å². The van der Waals surface area contributed by atoms with Gasteiger partial charge in [-0.15, -0.1) is 0 Å². The Labute approximate surface area is 104 Å². The van der Waals surface area contributed by atoms with Crippen LogP contribution in [0, 0.1) is 5.92 Å². The van der Waals surface area contributed by atoms with Gasteiger partial charge in [0, 0.05) is 37.7 Å². The number of aromatic nitrogens is 2. The zero-order valence-electron chi connectivity index (χ0n) is 11.0. The van der Waals surface area contributed by atoms with Crippen molar-refractivity contribution < 1.29 is 0 Å². The SMILES string of the molecule is CC(C)CCn1c(C2CC2)nc2c1CCNC2. The summed E-state index contributed by atoms with van der Waals surface area (Å²) in [6, 6.07) is 0. The Morgan fingerprint density at radius 1 is 1.41 bits per heavy atom. The third-order valence-corrected chi connectivity index (χ3v) is 3.89. The minimum atomic E-state index is 0.771. The molecule has 2 aliphatic rings. The summed E-state index contributed by atoms with van der Waals surface area (Å²) in [6.07, 6.45) is 5.14. The van der Waals surface area contributed by atoms with Crippen LogP contribution in [0.5, 0.6) is 0 Å². The van der Waals surface area contributed by atoms with E-state index in [1.807, 2.05) is 0 Å². The minimum absolute atomic E-state index is 0.771. The largest absolute Gasteiger partial charge is 0.331 e. The van der Waals surface area contributed by atoms with Gasteiger partial charge in [-0.2, -0.15) is 0 Å². The maximum Gasteiger partial charge on any atom is 0.112 e. The van der Waals surface area contributed by atoms with Crippen molar-refractivity contribution in [1.82, 2.24) is 14.9 Å². The molecule has 3 heteroatoms. The standard InChI is InChI=1S/C14H23N3/c1-10(2)6-8-17-13-5-7-15-9-12(13)16-14(17)11-3-4-11/h10-11,15H,3-9H2,1-2H3. The second-order valence-corrected chi connectivity index (χ2v) is 5.90. The highest BCUT2D eigenvalue weighted by molar-refractivity contribution is 5.24. The van der Waals surface area contributed by atoms with Crippen molar-refractivity contribution >= 4 is 0 Å². The topological polar surface area (TPSA) is 29.9 Å². The lowest BCUT2D eigenvalue weighted by Crippen LogP contribution is -2.25. The highest BCUT2D eigenvalue weighted by Gasteiger charge is 2.31. The summed E-state index contributed by atoms with van der Waals surface area (Å²) < 4.78 is 2.55. The van der Waals surface area contributed by atoms with Gasteiger partial charge < -0.3 is 9.88 Å². The highest BCUT2D eigenvalue weighted by atomic mass is 15.1. The van der Waals surface area contributed by atoms with Crippen molar-refractivity contribution in [3.05, 3.63) is 17.2 Å². The van der Waals surface area contributed by atoms with Crippen LogP contribution in [0.3, 0.4) is 0 Å². The first-order valence-corrected chi connectivity index (χ1v) is 7.04. The van der Waals surface area contributed by atoms with E-state index >= 15 is 0 Å². The van der Waals surface area contributed by atoms with Gasteiger partial charge >= 0.3 is 0 Å². The lowest BCUT2D eigenvalue weighted by atomic mass is 10.1. The fraction of sp³-hybridized carbons (Fsp3) is 0.786. The molecule has 0 bridgehead atoms. The fourth-order valence-corrected chi connectivity index (χ4v) is 2.68. The molecule has 0 aromatic carbocycles. The van der Waals surface area contributed by atoms with E-state index < -0.39 is 0 Å². The average Bonchev–Trinajstić information content (AvgIpc) is 3.08. The van der Waals surface area contributed by atoms with Crippen LogP contribution < -0.4 is 5.32 Å². The van der Waals surface area contributed by atoms with Gasteiger partial charge in [0.05, 0.1) is 5.69 Å². The van der Waals surface area contributed by atoms with Crippen molar-refractivity contribution in [2.75, 3.05) is 6.54 Å². The van der Waals surface area contributed by atoms with E-state index in [2.05, 4.69) is 23.7 Å². The Hall–Kier alpha value is -0.830. The van der Waals surface area contributed by atoms with Crippen molar-refractivity contribution in [1.29, 1.82) is 0 Å². The molecule has 0 radical (unpaired) electrons. The maximum atomic E-state index is 4.89. The number of rotatable bonds is 4. The number of nitrogens with one attached hydrogen (secondary N) is 1. The van der Waals surface area contributed by atoms with Gasteiger partial charge in [0.25, 0.3) is 0 Å². The summed E-state index contributed by atoms with van der Waals surface area (Å²) in [5, 5.41) is 3.43. The average molecular weight is 233 g/mol. The molecule has 1 aliphatic carbocycles. The predicted octanol–water partition coefficient (Wildman–Crippen LogP) is 2.45. The number of imidazole rings is 1. The first kappa shape index (κ1) is 11.3. The Morgan fingerprint density at radius 2 is 2.24 bits per heavy atom. The number of fused-ring (bicyclic) bond motifs is 1. The molecule has 1 N–H and O–H groups in total. The summed E-state index contributed by atoms with van der Waals surface area (Å²) in [4.78, 5) is 4.89. The molecule has 1 fully saturated rings. The van der Waals surface area contributed by atoms with E-state index in [1.54, 1.807) is 0 Å². The zero-order chi connectivity index (χ0) is 11.8. The van der Waals surface area contributed by atoms with E-state index in [1.165, 1.54) is 43.0 Å². The van der Waals surface area contributed by atoms with E-state index in [4.69, 9.17) is 4.98 Å². The highest BCUT2D eigenvalue weighted by Crippen LogP contribution is 2.40. The van der Waals surface area contributed by atoms with Gasteiger partial charge in [0.1, 0.15) is 5.82 Å². The monoisotopic (exact) mass is 233 g/mol. The Morgan fingerprint density at radius 3 is 2.94 bits per heavy atom. The zero-order valence-corrected chi connectivity index (χ0v) is 11.0. The lowest BCUT2D eigenvalue weighted by molar-refractivity contribution is 0.488. The Kier molecular flexibility index (Phi) is 2.95. The van der Waals surface area contributed by atoms with Gasteiger partial charge in [-0.3, -0.25) is 0 Å². The predicted molar refractivity (Wildman–Crippen MR) is 69.1 cm³/mol. The molecule has 2 heterocycles. The summed E-state index contributed by atoms with van der Waals surface area (Å²) >= 11 is 0. The summed E-state index contributed by atoms with van der Waals surface area (Å²) in [5.74, 6) is 2.94. The fourth-order valence-electron chi connectivity index (χ4n) is 2.68. The normalized spacial score (nSPS) is 19.7. The number of nitrogens with zero attached hydrogens (tertiary/aromatic N) is 2. The second-order valence-electron chi connectivity index (χ2n) is 5.90. The third kappa shape index (κ3) is 2.25. The van der Waals surface area contributed by atoms with Crippen LogP contribution in [-0.4, -0.2) is 16.1 Å². The molecule has 1 aromatic heterocycles. The van der Waals surface area contributed by atoms with E-state index in [0.717, 1.165) is 31.3 Å². The third-order valence-electron chi connectivity index (χ3n) is 3.89. The molecule has 1 aliphatic heterocycles. The van der Waals surface area contributed by atoms with E-state index in [-0.39, 0.29) is 0 Å². The van der Waals surface area contributed by atoms with Gasteiger partial charge in [0.15, 0.2) is 0 Å². The van der Waals surface area contributed by atoms with Crippen molar-refractivity contribution in [3.63, 3.8) is 0 Å². The van der Waals surface area contributed by atoms with Crippen LogP contribution >= 0.6 is 0 Å². The van der Waals surface area contributed by atoms with E-state index in [0.29, 0.717) is 0 Å². The Balaban J connectivity index is 1.88. The molecular formula is C14H23N3. The molecule has 17 heavy (non-hydrogen) atoms. The van der Waals surface area contributed by atoms with Crippen LogP contribution in [0.4, 0.5) is 0 Å². The molecule has 0 atom stereocenters. The minimum Gasteiger partial charge on any atom is -0.331 e. The summed E-state index contributed by atoms with van der Waals surface area (Å²) in [5.41, 5.74) is 2.84. The molecular weight excluding hydrogens is 210 g/mol. The molecule has 1 aromatic rings. The van der Waals surface area contributed by atoms with Gasteiger partial charge in [-0.25, -0.2) is 4.98 Å². The molecule has 0 spiro atoms. The van der Waals surface area contributed by atoms with Crippen LogP contribution in [0.15, 0.2) is 0 Å². The van der Waals surface area contributed by atoms with Crippen molar-refractivity contribution in [3.8, 4) is 0 Å². The summed E-state index contributed by atoms with van der Waals surface area (Å²) in [7, 11) is 0. The van der Waals surface area contributed by atoms with Crippen LogP contribution in [0.1, 0.15) is 56.2 Å². The van der Waals surface area contributed by atoms with Gasteiger partial charge in [-0.1, -0.05) is 13.8 Å². The molecule has 0 unspecified atom stereocenters. The van der Waals surface area contributed by atoms with E-state index in [9.17, 15) is 0 Å². The second kappa shape index (κ2) is 4.45. The maximum absolute atomic E-state index is 4.89. The lowest BCUT2D eigenvalue weighted by Gasteiger charge is -2.17. The first-order chi connectivity index (χ1) is 8.25.